The third-order valence-electron chi connectivity index (χ3n) is 2.58. The standard InChI is InChI=1S/C14H18O3S/c1-3-5-12(15)10-6-8-11(9-7-10)18-13(4-2)14(16)17/h6-9,13H,3-5H2,1-2H3,(H,16,17). The van der Waals surface area contributed by atoms with Crippen molar-refractivity contribution in [3.05, 3.63) is 29.8 Å². The van der Waals surface area contributed by atoms with Gasteiger partial charge in [-0.05, 0) is 25.0 Å². The largest absolute Gasteiger partial charge is 0.480 e. The fraction of sp³-hybridized carbons (Fsp3) is 0.429. The fourth-order valence-corrected chi connectivity index (χ4v) is 2.45. The van der Waals surface area contributed by atoms with Crippen LogP contribution in [0.3, 0.4) is 0 Å². The molecule has 0 aliphatic carbocycles. The number of ketones is 1. The van der Waals surface area contributed by atoms with Gasteiger partial charge in [-0.25, -0.2) is 0 Å². The molecule has 1 aromatic carbocycles. The number of hydrogen-bond acceptors (Lipinski definition) is 3. The second-order valence-corrected chi connectivity index (χ2v) is 5.33. The predicted molar refractivity (Wildman–Crippen MR) is 73.3 cm³/mol. The second kappa shape index (κ2) is 7.21. The summed E-state index contributed by atoms with van der Waals surface area (Å²) in [6, 6.07) is 7.18. The Bertz CT molecular complexity index is 412. The molecule has 0 aliphatic heterocycles. The Balaban J connectivity index is 2.71. The molecule has 1 N–H and O–H groups in total. The van der Waals surface area contributed by atoms with Gasteiger partial charge in [-0.2, -0.15) is 0 Å². The van der Waals surface area contributed by atoms with Gasteiger partial charge in [0, 0.05) is 16.9 Å². The highest BCUT2D eigenvalue weighted by molar-refractivity contribution is 8.00. The number of carbonyl (C=O) groups is 2. The zero-order valence-corrected chi connectivity index (χ0v) is 11.5. The molecular weight excluding hydrogens is 248 g/mol. The quantitative estimate of drug-likeness (QED) is 0.605. The van der Waals surface area contributed by atoms with E-state index < -0.39 is 11.2 Å². The molecule has 0 fully saturated rings. The van der Waals surface area contributed by atoms with E-state index in [1.807, 2.05) is 26.0 Å². The van der Waals surface area contributed by atoms with Crippen LogP contribution < -0.4 is 0 Å². The van der Waals surface area contributed by atoms with Crippen LogP contribution in [0.15, 0.2) is 29.2 Å². The third-order valence-corrected chi connectivity index (χ3v) is 3.94. The van der Waals surface area contributed by atoms with Crippen LogP contribution in [-0.2, 0) is 4.79 Å². The summed E-state index contributed by atoms with van der Waals surface area (Å²) >= 11 is 1.32. The zero-order valence-electron chi connectivity index (χ0n) is 10.7. The Labute approximate surface area is 112 Å². The van der Waals surface area contributed by atoms with Gasteiger partial charge in [-0.1, -0.05) is 26.0 Å². The van der Waals surface area contributed by atoms with E-state index in [1.54, 1.807) is 12.1 Å². The van der Waals surface area contributed by atoms with E-state index in [0.717, 1.165) is 11.3 Å². The van der Waals surface area contributed by atoms with Crippen LogP contribution >= 0.6 is 11.8 Å². The average Bonchev–Trinajstić information content (AvgIpc) is 2.36. The summed E-state index contributed by atoms with van der Waals surface area (Å²) in [6.45, 7) is 3.83. The van der Waals surface area contributed by atoms with Crippen LogP contribution in [0.25, 0.3) is 0 Å². The van der Waals surface area contributed by atoms with Gasteiger partial charge in [0.2, 0.25) is 0 Å². The maximum atomic E-state index is 11.6. The molecular formula is C14H18O3S. The lowest BCUT2D eigenvalue weighted by Crippen LogP contribution is -2.14. The van der Waals surface area contributed by atoms with Crippen molar-refractivity contribution in [1.82, 2.24) is 0 Å². The van der Waals surface area contributed by atoms with E-state index in [-0.39, 0.29) is 5.78 Å². The molecule has 0 aliphatic rings. The molecule has 1 aromatic rings. The van der Waals surface area contributed by atoms with Gasteiger partial charge in [0.1, 0.15) is 5.25 Å². The van der Waals surface area contributed by atoms with Gasteiger partial charge in [0.15, 0.2) is 5.78 Å². The van der Waals surface area contributed by atoms with E-state index in [4.69, 9.17) is 5.11 Å². The highest BCUT2D eigenvalue weighted by atomic mass is 32.2. The van der Waals surface area contributed by atoms with Gasteiger partial charge >= 0.3 is 5.97 Å². The first-order valence-corrected chi connectivity index (χ1v) is 6.99. The summed E-state index contributed by atoms with van der Waals surface area (Å²) in [5.74, 6) is -0.659. The van der Waals surface area contributed by atoms with E-state index in [2.05, 4.69) is 0 Å². The Morgan fingerprint density at radius 1 is 1.22 bits per heavy atom. The highest BCUT2D eigenvalue weighted by Gasteiger charge is 2.16. The molecule has 0 radical (unpaired) electrons. The van der Waals surface area contributed by atoms with Crippen molar-refractivity contribution in [2.45, 2.75) is 43.3 Å². The first-order chi connectivity index (χ1) is 8.58. The summed E-state index contributed by atoms with van der Waals surface area (Å²) in [5, 5.41) is 8.54. The fourth-order valence-electron chi connectivity index (χ4n) is 1.56. The first-order valence-electron chi connectivity index (χ1n) is 6.11. The maximum Gasteiger partial charge on any atom is 0.316 e. The Morgan fingerprint density at radius 3 is 2.28 bits per heavy atom. The van der Waals surface area contributed by atoms with Gasteiger partial charge in [0.05, 0.1) is 0 Å². The minimum atomic E-state index is -0.798. The molecule has 4 heteroatoms. The molecule has 1 atom stereocenters. The Kier molecular flexibility index (Phi) is 5.92. The first kappa shape index (κ1) is 14.8. The van der Waals surface area contributed by atoms with Crippen molar-refractivity contribution in [3.8, 4) is 0 Å². The molecule has 0 aromatic heterocycles. The molecule has 0 spiro atoms. The van der Waals surface area contributed by atoms with Crippen molar-refractivity contribution >= 4 is 23.5 Å². The number of hydrogen-bond donors (Lipinski definition) is 1. The van der Waals surface area contributed by atoms with Crippen LogP contribution in [-0.4, -0.2) is 22.1 Å². The molecule has 0 bridgehead atoms. The Morgan fingerprint density at radius 2 is 1.83 bits per heavy atom. The van der Waals surface area contributed by atoms with E-state index in [0.29, 0.717) is 18.4 Å². The third kappa shape index (κ3) is 4.18. The van der Waals surface area contributed by atoms with E-state index >= 15 is 0 Å². The lowest BCUT2D eigenvalue weighted by atomic mass is 10.1. The molecule has 18 heavy (non-hydrogen) atoms. The summed E-state index contributed by atoms with van der Waals surface area (Å²) in [5.41, 5.74) is 0.699. The van der Waals surface area contributed by atoms with Crippen LogP contribution in [0.1, 0.15) is 43.5 Å². The molecule has 0 saturated carbocycles. The SMILES string of the molecule is CCCC(=O)c1ccc(SC(CC)C(=O)O)cc1. The van der Waals surface area contributed by atoms with E-state index in [1.165, 1.54) is 11.8 Å². The topological polar surface area (TPSA) is 54.4 Å². The number of Topliss-reactive ketones (excluding diaryl/α,β-unsaturated/α-hetero) is 1. The number of carboxylic acid groups (broad SMARTS) is 1. The summed E-state index contributed by atoms with van der Waals surface area (Å²) < 4.78 is 0. The molecule has 0 amide bonds. The monoisotopic (exact) mass is 266 g/mol. The lowest BCUT2D eigenvalue weighted by Gasteiger charge is -2.09. The number of carbonyl (C=O) groups excluding carboxylic acids is 1. The molecule has 1 unspecified atom stereocenters. The molecule has 1 rings (SSSR count). The summed E-state index contributed by atoms with van der Waals surface area (Å²) in [7, 11) is 0. The van der Waals surface area contributed by atoms with Gasteiger partial charge in [-0.15, -0.1) is 11.8 Å². The van der Waals surface area contributed by atoms with Gasteiger partial charge in [-0.3, -0.25) is 9.59 Å². The number of carboxylic acids is 1. The number of thioether (sulfide) groups is 1. The average molecular weight is 266 g/mol. The highest BCUT2D eigenvalue weighted by Crippen LogP contribution is 2.26. The maximum absolute atomic E-state index is 11.6. The smallest absolute Gasteiger partial charge is 0.316 e. The Hall–Kier alpha value is -1.29. The van der Waals surface area contributed by atoms with Crippen LogP contribution in [0.2, 0.25) is 0 Å². The summed E-state index contributed by atoms with van der Waals surface area (Å²) in [4.78, 5) is 23.4. The van der Waals surface area contributed by atoms with Crippen LogP contribution in [0, 0.1) is 0 Å². The predicted octanol–water partition coefficient (Wildman–Crippen LogP) is 3.62. The second-order valence-electron chi connectivity index (χ2n) is 4.05. The molecule has 0 heterocycles. The number of aliphatic carboxylic acids is 1. The van der Waals surface area contributed by atoms with Crippen molar-refractivity contribution < 1.29 is 14.7 Å². The van der Waals surface area contributed by atoms with Crippen molar-refractivity contribution in [3.63, 3.8) is 0 Å². The minimum Gasteiger partial charge on any atom is -0.480 e. The van der Waals surface area contributed by atoms with Gasteiger partial charge < -0.3 is 5.11 Å². The number of rotatable bonds is 7. The van der Waals surface area contributed by atoms with Crippen LogP contribution in [0.5, 0.6) is 0 Å². The van der Waals surface area contributed by atoms with Crippen molar-refractivity contribution in [1.29, 1.82) is 0 Å². The van der Waals surface area contributed by atoms with Crippen molar-refractivity contribution in [2.24, 2.45) is 0 Å². The zero-order chi connectivity index (χ0) is 13.5. The molecule has 98 valence electrons. The molecule has 3 nitrogen and oxygen atoms in total. The summed E-state index contributed by atoms with van der Waals surface area (Å²) in [6.07, 6.45) is 1.97. The van der Waals surface area contributed by atoms with Gasteiger partial charge in [0.25, 0.3) is 0 Å². The normalized spacial score (nSPS) is 12.1. The lowest BCUT2D eigenvalue weighted by molar-refractivity contribution is -0.136. The van der Waals surface area contributed by atoms with E-state index in [9.17, 15) is 9.59 Å². The van der Waals surface area contributed by atoms with Crippen molar-refractivity contribution in [2.75, 3.05) is 0 Å². The number of benzene rings is 1. The molecule has 0 saturated heterocycles. The van der Waals surface area contributed by atoms with Crippen LogP contribution in [0.4, 0.5) is 0 Å². The minimum absolute atomic E-state index is 0.138.